The van der Waals surface area contributed by atoms with Gasteiger partial charge >= 0.3 is 0 Å². The molecule has 0 saturated carbocycles. The van der Waals surface area contributed by atoms with Gasteiger partial charge in [0.1, 0.15) is 23.0 Å². The van der Waals surface area contributed by atoms with Crippen LogP contribution in [-0.2, 0) is 11.8 Å². The molecule has 0 saturated heterocycles. The van der Waals surface area contributed by atoms with Crippen LogP contribution in [0.4, 0.5) is 0 Å². The molecular weight excluding hydrogens is 492 g/mol. The quantitative estimate of drug-likeness (QED) is 0.234. The minimum Gasteiger partial charge on any atom is -0.457 e. The lowest BCUT2D eigenvalue weighted by molar-refractivity contribution is 0.483. The van der Waals surface area contributed by atoms with E-state index in [0.717, 1.165) is 46.0 Å². The Kier molecular flexibility index (Phi) is 4.78. The molecule has 7 aromatic rings. The van der Waals surface area contributed by atoms with Crippen molar-refractivity contribution >= 4 is 32.8 Å². The van der Waals surface area contributed by atoms with Gasteiger partial charge in [-0.2, -0.15) is 0 Å². The standard InChI is InChI=1S/C35H28N4O/c1-4-23-19-22-9-7-17-36-33(22)38(23)24-10-5-11-25(20-24)40-26-15-16-27-28-12-6-13-29-32(28)39(31(27)21-26)34-30(35(29,2)3)14-8-18-37-34/h5-21H,4H2,1-3H3. The van der Waals surface area contributed by atoms with Crippen molar-refractivity contribution < 1.29 is 4.74 Å². The van der Waals surface area contributed by atoms with Gasteiger partial charge < -0.3 is 4.74 Å². The van der Waals surface area contributed by atoms with Gasteiger partial charge in [0.15, 0.2) is 0 Å². The molecule has 1 aliphatic rings. The first kappa shape index (κ1) is 23.0. The second-order valence-corrected chi connectivity index (χ2v) is 11.1. The number of rotatable bonds is 4. The van der Waals surface area contributed by atoms with Crippen molar-refractivity contribution in [1.82, 2.24) is 19.1 Å². The predicted molar refractivity (Wildman–Crippen MR) is 161 cm³/mol. The molecule has 1 aliphatic heterocycles. The van der Waals surface area contributed by atoms with Crippen LogP contribution in [0.1, 0.15) is 37.6 Å². The van der Waals surface area contributed by atoms with Crippen molar-refractivity contribution in [3.63, 3.8) is 0 Å². The van der Waals surface area contributed by atoms with Crippen molar-refractivity contribution in [2.45, 2.75) is 32.6 Å². The zero-order chi connectivity index (χ0) is 27.0. The normalized spacial score (nSPS) is 13.7. The second-order valence-electron chi connectivity index (χ2n) is 11.1. The lowest BCUT2D eigenvalue weighted by Crippen LogP contribution is -2.26. The van der Waals surface area contributed by atoms with Gasteiger partial charge in [-0.15, -0.1) is 0 Å². The van der Waals surface area contributed by atoms with Crippen LogP contribution in [0.5, 0.6) is 11.5 Å². The van der Waals surface area contributed by atoms with Gasteiger partial charge in [-0.3, -0.25) is 9.13 Å². The Balaban J connectivity index is 1.27. The maximum Gasteiger partial charge on any atom is 0.144 e. The second kappa shape index (κ2) is 8.30. The molecule has 0 radical (unpaired) electrons. The molecule has 0 atom stereocenters. The lowest BCUT2D eigenvalue weighted by Gasteiger charge is -2.33. The van der Waals surface area contributed by atoms with Crippen molar-refractivity contribution in [2.75, 3.05) is 0 Å². The zero-order valence-electron chi connectivity index (χ0n) is 22.7. The fourth-order valence-electron chi connectivity index (χ4n) is 6.50. The monoisotopic (exact) mass is 520 g/mol. The van der Waals surface area contributed by atoms with Crippen LogP contribution in [-0.4, -0.2) is 19.1 Å². The summed E-state index contributed by atoms with van der Waals surface area (Å²) in [5.41, 5.74) is 7.95. The van der Waals surface area contributed by atoms with Crippen molar-refractivity contribution in [3.05, 3.63) is 120 Å². The van der Waals surface area contributed by atoms with Crippen LogP contribution in [0.2, 0.25) is 0 Å². The van der Waals surface area contributed by atoms with Gasteiger partial charge in [0.2, 0.25) is 0 Å². The molecule has 0 bridgehead atoms. The Bertz CT molecular complexity index is 2110. The van der Waals surface area contributed by atoms with Gasteiger partial charge in [-0.1, -0.05) is 51.1 Å². The molecule has 5 heteroatoms. The Labute approximate surface area is 232 Å². The largest absolute Gasteiger partial charge is 0.457 e. The Morgan fingerprint density at radius 1 is 0.725 bits per heavy atom. The van der Waals surface area contributed by atoms with Crippen molar-refractivity contribution in [2.24, 2.45) is 0 Å². The minimum absolute atomic E-state index is 0.137. The van der Waals surface area contributed by atoms with E-state index in [9.17, 15) is 0 Å². The first-order valence-electron chi connectivity index (χ1n) is 13.8. The molecule has 0 aliphatic carbocycles. The number of nitrogens with zero attached hydrogens (tertiary/aromatic N) is 4. The number of aryl methyl sites for hydroxylation is 1. The van der Waals surface area contributed by atoms with E-state index in [0.29, 0.717) is 0 Å². The average Bonchev–Trinajstić information content (AvgIpc) is 3.52. The van der Waals surface area contributed by atoms with Crippen molar-refractivity contribution in [3.8, 4) is 23.0 Å². The highest BCUT2D eigenvalue weighted by molar-refractivity contribution is 6.11. The molecule has 0 N–H and O–H groups in total. The van der Waals surface area contributed by atoms with Crippen LogP contribution in [0, 0.1) is 0 Å². The number of para-hydroxylation sites is 1. The predicted octanol–water partition coefficient (Wildman–Crippen LogP) is 8.51. The Hall–Kier alpha value is -4.90. The van der Waals surface area contributed by atoms with E-state index < -0.39 is 0 Å². The SMILES string of the molecule is CCc1cc2cccnc2n1-c1cccc(Oc2ccc3c4cccc5c4n(c3c2)-c2ncccc2C5(C)C)c1. The molecule has 40 heavy (non-hydrogen) atoms. The lowest BCUT2D eigenvalue weighted by atomic mass is 9.76. The van der Waals surface area contributed by atoms with E-state index in [-0.39, 0.29) is 5.41 Å². The molecule has 0 amide bonds. The molecule has 8 rings (SSSR count). The molecule has 0 unspecified atom stereocenters. The summed E-state index contributed by atoms with van der Waals surface area (Å²) in [6.07, 6.45) is 4.65. The highest BCUT2D eigenvalue weighted by atomic mass is 16.5. The summed E-state index contributed by atoms with van der Waals surface area (Å²) in [6.45, 7) is 6.75. The number of hydrogen-bond donors (Lipinski definition) is 0. The maximum atomic E-state index is 6.52. The van der Waals surface area contributed by atoms with Crippen LogP contribution in [0.25, 0.3) is 44.3 Å². The number of fused-ring (bicyclic) bond motifs is 6. The van der Waals surface area contributed by atoms with Gasteiger partial charge in [-0.25, -0.2) is 9.97 Å². The third-order valence-electron chi connectivity index (χ3n) is 8.42. The summed E-state index contributed by atoms with van der Waals surface area (Å²) < 4.78 is 11.1. The zero-order valence-corrected chi connectivity index (χ0v) is 22.7. The van der Waals surface area contributed by atoms with E-state index in [2.05, 4.69) is 102 Å². The molecule has 0 fully saturated rings. The molecule has 5 heterocycles. The fraction of sp³-hybridized carbons (Fsp3) is 0.143. The Morgan fingerprint density at radius 3 is 2.42 bits per heavy atom. The van der Waals surface area contributed by atoms with Crippen LogP contribution >= 0.6 is 0 Å². The van der Waals surface area contributed by atoms with Crippen LogP contribution in [0.15, 0.2) is 103 Å². The van der Waals surface area contributed by atoms with E-state index >= 15 is 0 Å². The highest BCUT2D eigenvalue weighted by Gasteiger charge is 2.35. The van der Waals surface area contributed by atoms with Gasteiger partial charge in [0.05, 0.1) is 16.7 Å². The smallest absolute Gasteiger partial charge is 0.144 e. The van der Waals surface area contributed by atoms with Crippen LogP contribution < -0.4 is 4.74 Å². The third-order valence-corrected chi connectivity index (χ3v) is 8.42. The third kappa shape index (κ3) is 3.15. The van der Waals surface area contributed by atoms with Crippen molar-refractivity contribution in [1.29, 1.82) is 0 Å². The number of benzene rings is 3. The summed E-state index contributed by atoms with van der Waals surface area (Å²) >= 11 is 0. The number of pyridine rings is 2. The first-order chi connectivity index (χ1) is 19.5. The molecule has 194 valence electrons. The average molecular weight is 521 g/mol. The molecule has 5 nitrogen and oxygen atoms in total. The summed E-state index contributed by atoms with van der Waals surface area (Å²) in [5.74, 6) is 2.56. The summed E-state index contributed by atoms with van der Waals surface area (Å²) in [7, 11) is 0. The molecule has 0 spiro atoms. The minimum atomic E-state index is -0.137. The molecule has 3 aromatic carbocycles. The van der Waals surface area contributed by atoms with E-state index in [1.54, 1.807) is 0 Å². The number of hydrogen-bond acceptors (Lipinski definition) is 3. The van der Waals surface area contributed by atoms with Crippen LogP contribution in [0.3, 0.4) is 0 Å². The van der Waals surface area contributed by atoms with E-state index in [1.165, 1.54) is 33.1 Å². The summed E-state index contributed by atoms with van der Waals surface area (Å²) in [6, 6.07) is 31.8. The van der Waals surface area contributed by atoms with E-state index in [1.807, 2.05) is 36.7 Å². The number of ether oxygens (including phenoxy) is 1. The van der Waals surface area contributed by atoms with Gasteiger partial charge in [-0.05, 0) is 60.5 Å². The number of aromatic nitrogens is 4. The highest BCUT2D eigenvalue weighted by Crippen LogP contribution is 2.47. The van der Waals surface area contributed by atoms with E-state index in [4.69, 9.17) is 9.72 Å². The first-order valence-corrected chi connectivity index (χ1v) is 13.8. The van der Waals surface area contributed by atoms with Gasteiger partial charge in [0.25, 0.3) is 0 Å². The van der Waals surface area contributed by atoms with Gasteiger partial charge in [0, 0.05) is 57.4 Å². The Morgan fingerprint density at radius 2 is 1.52 bits per heavy atom. The topological polar surface area (TPSA) is 44.9 Å². The fourth-order valence-corrected chi connectivity index (χ4v) is 6.50. The summed E-state index contributed by atoms with van der Waals surface area (Å²) in [5, 5.41) is 3.58. The molecule has 4 aromatic heterocycles. The molecular formula is C35H28N4O. The maximum absolute atomic E-state index is 6.52. The summed E-state index contributed by atoms with van der Waals surface area (Å²) in [4.78, 5) is 9.54.